The van der Waals surface area contributed by atoms with Crippen molar-refractivity contribution in [2.45, 2.75) is 75.8 Å². The third-order valence-electron chi connectivity index (χ3n) is 7.94. The average Bonchev–Trinajstić information content (AvgIpc) is 3.67. The predicted octanol–water partition coefficient (Wildman–Crippen LogP) is 5.55. The smallest absolute Gasteiger partial charge is 0.410 e. The van der Waals surface area contributed by atoms with Crippen LogP contribution in [0.1, 0.15) is 79.6 Å². The Kier molecular flexibility index (Phi) is 8.38. The highest BCUT2D eigenvalue weighted by molar-refractivity contribution is 5.92. The predicted molar refractivity (Wildman–Crippen MR) is 143 cm³/mol. The third-order valence-corrected chi connectivity index (χ3v) is 7.94. The van der Waals surface area contributed by atoms with Crippen molar-refractivity contribution in [3.05, 3.63) is 47.6 Å². The van der Waals surface area contributed by atoms with Gasteiger partial charge in [0.1, 0.15) is 23.3 Å². The number of hydrogen-bond acceptors (Lipinski definition) is 6. The third kappa shape index (κ3) is 6.45. The largest absolute Gasteiger partial charge is 0.438 e. The number of alkyl halides is 5. The van der Waals surface area contributed by atoms with E-state index in [1.807, 2.05) is 19.2 Å². The molecule has 5 rings (SSSR count). The summed E-state index contributed by atoms with van der Waals surface area (Å²) in [5.74, 6) is -4.09. The zero-order valence-electron chi connectivity index (χ0n) is 23.8. The highest BCUT2D eigenvalue weighted by atomic mass is 19.4. The molecule has 1 saturated heterocycles. The molecule has 43 heavy (non-hydrogen) atoms. The van der Waals surface area contributed by atoms with Crippen LogP contribution >= 0.6 is 0 Å². The van der Waals surface area contributed by atoms with E-state index in [1.165, 1.54) is 24.1 Å². The van der Waals surface area contributed by atoms with Gasteiger partial charge in [-0.2, -0.15) is 18.3 Å². The van der Waals surface area contributed by atoms with Crippen LogP contribution in [0.5, 0.6) is 0 Å². The molecule has 0 bridgehead atoms. The Morgan fingerprint density at radius 1 is 1.28 bits per heavy atom. The number of nitrogens with one attached hydrogen (secondary N) is 2. The SMILES string of the molecule is COC[C@H](c1ccc2oc([C@H](NC(=O)c3ccnn3C(C)C)C3CCCC(F)(F)C3)nc2c1)N1C[C@@H](C(F)(F)F)NC1=O. The van der Waals surface area contributed by atoms with E-state index >= 15 is 0 Å². The molecule has 1 aromatic carbocycles. The first kappa shape index (κ1) is 30.7. The number of hydrogen-bond donors (Lipinski definition) is 2. The summed E-state index contributed by atoms with van der Waals surface area (Å²) in [6, 6.07) is 1.33. The molecular weight excluding hydrogens is 579 g/mol. The number of benzene rings is 1. The van der Waals surface area contributed by atoms with E-state index in [2.05, 4.69) is 15.4 Å². The normalized spacial score (nSPS) is 22.2. The number of oxazole rings is 1. The Balaban J connectivity index is 1.47. The van der Waals surface area contributed by atoms with Gasteiger partial charge in [-0.1, -0.05) is 6.07 Å². The Hall–Kier alpha value is -3.75. The molecule has 1 unspecified atom stereocenters. The number of ether oxygens (including phenoxy) is 1. The van der Waals surface area contributed by atoms with E-state index in [-0.39, 0.29) is 48.2 Å². The van der Waals surface area contributed by atoms with Crippen molar-refractivity contribution in [2.75, 3.05) is 20.3 Å². The second-order valence-corrected chi connectivity index (χ2v) is 11.4. The van der Waals surface area contributed by atoms with Crippen LogP contribution < -0.4 is 10.6 Å². The molecule has 2 N–H and O–H groups in total. The highest BCUT2D eigenvalue weighted by Crippen LogP contribution is 2.43. The summed E-state index contributed by atoms with van der Waals surface area (Å²) >= 11 is 0. The van der Waals surface area contributed by atoms with Crippen LogP contribution in [-0.4, -0.2) is 70.0 Å². The van der Waals surface area contributed by atoms with E-state index in [4.69, 9.17) is 9.15 Å². The molecule has 2 aromatic heterocycles. The van der Waals surface area contributed by atoms with Crippen molar-refractivity contribution in [2.24, 2.45) is 5.92 Å². The van der Waals surface area contributed by atoms with Gasteiger partial charge in [0.2, 0.25) is 11.8 Å². The molecule has 2 fully saturated rings. The van der Waals surface area contributed by atoms with Crippen molar-refractivity contribution in [3.8, 4) is 0 Å². The van der Waals surface area contributed by atoms with Gasteiger partial charge in [0.15, 0.2) is 5.58 Å². The van der Waals surface area contributed by atoms with Gasteiger partial charge < -0.3 is 24.7 Å². The molecule has 10 nitrogen and oxygen atoms in total. The van der Waals surface area contributed by atoms with E-state index in [1.54, 1.807) is 18.2 Å². The minimum absolute atomic E-state index is 0.0261. The van der Waals surface area contributed by atoms with Crippen molar-refractivity contribution >= 4 is 23.0 Å². The Bertz CT molecular complexity index is 1470. The lowest BCUT2D eigenvalue weighted by atomic mass is 9.81. The number of halogens is 5. The number of aromatic nitrogens is 3. The zero-order chi connectivity index (χ0) is 31.1. The van der Waals surface area contributed by atoms with Crippen LogP contribution in [-0.2, 0) is 4.74 Å². The average molecular weight is 613 g/mol. The molecule has 3 heterocycles. The Labute approximate surface area is 243 Å². The first-order valence-corrected chi connectivity index (χ1v) is 14.0. The molecule has 234 valence electrons. The number of carbonyl (C=O) groups excluding carboxylic acids is 2. The Morgan fingerprint density at radius 2 is 2.05 bits per heavy atom. The van der Waals surface area contributed by atoms with Crippen molar-refractivity contribution in [1.82, 2.24) is 30.3 Å². The maximum Gasteiger partial charge on any atom is 0.410 e. The fourth-order valence-electron chi connectivity index (χ4n) is 5.83. The van der Waals surface area contributed by atoms with E-state index in [0.717, 1.165) is 4.90 Å². The number of methoxy groups -OCH3 is 1. The standard InChI is InChI=1S/C28H33F5N6O4/c1-15(2)39-19(8-10-34-39)24(40)37-23(17-5-4-9-27(29,30)12-17)25-35-18-11-16(6-7-21(18)43-25)20(14-42-3)38-13-22(28(31,32)33)36-26(38)41/h6-8,10-11,15,17,20,22-23H,4-5,9,12-14H2,1-3H3,(H,36,41)(H,37,40)/t17?,20-,22+,23-/m1/s1. The molecule has 1 aliphatic heterocycles. The molecule has 15 heteroatoms. The quantitative estimate of drug-likeness (QED) is 0.307. The second-order valence-electron chi connectivity index (χ2n) is 11.4. The van der Waals surface area contributed by atoms with E-state index in [9.17, 15) is 31.5 Å². The minimum atomic E-state index is -4.62. The number of amides is 3. The van der Waals surface area contributed by atoms with Crippen molar-refractivity contribution in [1.29, 1.82) is 0 Å². The monoisotopic (exact) mass is 612 g/mol. The number of urea groups is 1. The zero-order valence-corrected chi connectivity index (χ0v) is 23.8. The van der Waals surface area contributed by atoms with Gasteiger partial charge in [0, 0.05) is 32.2 Å². The van der Waals surface area contributed by atoms with Gasteiger partial charge in [-0.15, -0.1) is 0 Å². The first-order valence-electron chi connectivity index (χ1n) is 14.0. The molecule has 3 amide bonds. The minimum Gasteiger partial charge on any atom is -0.438 e. The van der Waals surface area contributed by atoms with Crippen LogP contribution in [0.15, 0.2) is 34.9 Å². The maximum atomic E-state index is 14.5. The number of fused-ring (bicyclic) bond motifs is 1. The fourth-order valence-corrected chi connectivity index (χ4v) is 5.83. The molecule has 3 aromatic rings. The summed E-state index contributed by atoms with van der Waals surface area (Å²) in [4.78, 5) is 31.4. The molecule has 4 atom stereocenters. The highest BCUT2D eigenvalue weighted by Gasteiger charge is 2.48. The van der Waals surface area contributed by atoms with Crippen LogP contribution in [0.2, 0.25) is 0 Å². The van der Waals surface area contributed by atoms with Crippen LogP contribution in [0.3, 0.4) is 0 Å². The van der Waals surface area contributed by atoms with E-state index < -0.39 is 61.0 Å². The van der Waals surface area contributed by atoms with Gasteiger partial charge in [-0.3, -0.25) is 9.48 Å². The lowest BCUT2D eigenvalue weighted by Gasteiger charge is -2.33. The fraction of sp³-hybridized carbons (Fsp3) is 0.571. The van der Waals surface area contributed by atoms with Gasteiger partial charge >= 0.3 is 12.2 Å². The van der Waals surface area contributed by atoms with Crippen molar-refractivity contribution < 1.29 is 40.7 Å². The lowest BCUT2D eigenvalue weighted by Crippen LogP contribution is -2.40. The van der Waals surface area contributed by atoms with E-state index in [0.29, 0.717) is 12.0 Å². The number of rotatable bonds is 9. The van der Waals surface area contributed by atoms with Gasteiger partial charge in [0.25, 0.3) is 5.91 Å². The maximum absolute atomic E-state index is 14.5. The lowest BCUT2D eigenvalue weighted by molar-refractivity contribution is -0.150. The summed E-state index contributed by atoms with van der Waals surface area (Å²) in [7, 11) is 1.37. The summed E-state index contributed by atoms with van der Waals surface area (Å²) in [6.45, 7) is 3.02. The molecular formula is C28H33F5N6O4. The van der Waals surface area contributed by atoms with Crippen LogP contribution in [0.25, 0.3) is 11.1 Å². The first-order chi connectivity index (χ1) is 20.3. The molecule has 0 radical (unpaired) electrons. The van der Waals surface area contributed by atoms with Crippen molar-refractivity contribution in [3.63, 3.8) is 0 Å². The number of carbonyl (C=O) groups is 2. The summed E-state index contributed by atoms with van der Waals surface area (Å²) in [6.07, 6.45) is -3.18. The molecule has 0 spiro atoms. The Morgan fingerprint density at radius 3 is 2.70 bits per heavy atom. The summed E-state index contributed by atoms with van der Waals surface area (Å²) < 4.78 is 81.7. The molecule has 1 saturated carbocycles. The number of nitrogens with zero attached hydrogens (tertiary/aromatic N) is 4. The van der Waals surface area contributed by atoms with Gasteiger partial charge in [-0.05, 0) is 56.4 Å². The molecule has 2 aliphatic rings. The second kappa shape index (κ2) is 11.7. The molecule has 1 aliphatic carbocycles. The summed E-state index contributed by atoms with van der Waals surface area (Å²) in [5, 5.41) is 8.98. The van der Waals surface area contributed by atoms with Crippen LogP contribution in [0.4, 0.5) is 26.7 Å². The summed E-state index contributed by atoms with van der Waals surface area (Å²) in [5.41, 5.74) is 1.26. The van der Waals surface area contributed by atoms with Gasteiger partial charge in [0.05, 0.1) is 19.2 Å². The van der Waals surface area contributed by atoms with Crippen LogP contribution in [0, 0.1) is 5.92 Å². The topological polar surface area (TPSA) is 115 Å². The van der Waals surface area contributed by atoms with Gasteiger partial charge in [-0.25, -0.2) is 18.6 Å².